The van der Waals surface area contributed by atoms with E-state index in [4.69, 9.17) is 4.84 Å². The predicted molar refractivity (Wildman–Crippen MR) is 37.4 cm³/mol. The van der Waals surface area contributed by atoms with E-state index < -0.39 is 0 Å². The molecule has 0 radical (unpaired) electrons. The highest BCUT2D eigenvalue weighted by atomic mass is 16.7. The van der Waals surface area contributed by atoms with Gasteiger partial charge < -0.3 is 4.79 Å². The third-order valence-electron chi connectivity index (χ3n) is 1.75. The molecule has 1 aliphatic heterocycles. The van der Waals surface area contributed by atoms with Crippen LogP contribution in [0.15, 0.2) is 0 Å². The second kappa shape index (κ2) is 2.68. The minimum atomic E-state index is -0.268. The number of rotatable bonds is 2. The van der Waals surface area contributed by atoms with Crippen LogP contribution in [0, 0.1) is 5.41 Å². The molecular formula is C7H13NO2. The van der Waals surface area contributed by atoms with Gasteiger partial charge in [0.2, 0.25) is 0 Å². The van der Waals surface area contributed by atoms with E-state index in [-0.39, 0.29) is 5.41 Å². The monoisotopic (exact) mass is 143 g/mol. The summed E-state index contributed by atoms with van der Waals surface area (Å²) in [4.78, 5) is 15.7. The van der Waals surface area contributed by atoms with Crippen molar-refractivity contribution in [3.63, 3.8) is 0 Å². The normalized spacial score (nSPS) is 34.6. The van der Waals surface area contributed by atoms with Gasteiger partial charge in [-0.25, -0.2) is 0 Å². The Morgan fingerprint density at radius 3 is 2.80 bits per heavy atom. The molecule has 1 fully saturated rings. The Balaban J connectivity index is 2.48. The van der Waals surface area contributed by atoms with Crippen molar-refractivity contribution in [1.29, 1.82) is 0 Å². The van der Waals surface area contributed by atoms with Crippen molar-refractivity contribution in [2.45, 2.75) is 13.8 Å². The minimum absolute atomic E-state index is 0.268. The van der Waals surface area contributed by atoms with Crippen LogP contribution < -0.4 is 0 Å². The van der Waals surface area contributed by atoms with Gasteiger partial charge in [-0.15, -0.1) is 0 Å². The lowest BCUT2D eigenvalue weighted by molar-refractivity contribution is -0.116. The molecule has 3 heteroatoms. The average Bonchev–Trinajstić information content (AvgIpc) is 2.33. The van der Waals surface area contributed by atoms with Crippen LogP contribution in [0.1, 0.15) is 13.8 Å². The maximum atomic E-state index is 10.5. The van der Waals surface area contributed by atoms with Gasteiger partial charge in [0.05, 0.1) is 12.0 Å². The van der Waals surface area contributed by atoms with E-state index in [1.54, 1.807) is 0 Å². The molecule has 0 bridgehead atoms. The van der Waals surface area contributed by atoms with Gasteiger partial charge in [0.1, 0.15) is 6.29 Å². The number of carbonyl (C=O) groups excluding carboxylic acids is 1. The molecule has 58 valence electrons. The summed E-state index contributed by atoms with van der Waals surface area (Å²) < 4.78 is 0. The van der Waals surface area contributed by atoms with Crippen molar-refractivity contribution in [3.8, 4) is 0 Å². The number of hydroxylamine groups is 2. The topological polar surface area (TPSA) is 29.5 Å². The molecule has 1 heterocycles. The number of aldehydes is 1. The molecule has 1 saturated heterocycles. The quantitative estimate of drug-likeness (QED) is 0.526. The second-order valence-electron chi connectivity index (χ2n) is 3.00. The van der Waals surface area contributed by atoms with E-state index in [2.05, 4.69) is 0 Å². The van der Waals surface area contributed by atoms with E-state index in [1.807, 2.05) is 18.9 Å². The standard InChI is InChI=1S/C7H13NO2/c1-3-8-4-7(2,5-9)6-10-8/h5H,3-4,6H2,1-2H3. The Bertz CT molecular complexity index is 138. The molecule has 3 nitrogen and oxygen atoms in total. The Labute approximate surface area is 60.9 Å². The summed E-state index contributed by atoms with van der Waals surface area (Å²) in [5.74, 6) is 0. The first-order valence-corrected chi connectivity index (χ1v) is 3.54. The highest BCUT2D eigenvalue weighted by molar-refractivity contribution is 5.59. The summed E-state index contributed by atoms with van der Waals surface area (Å²) in [6, 6.07) is 0. The molecule has 0 saturated carbocycles. The largest absolute Gasteiger partial charge is 0.303 e. The molecule has 0 aromatic carbocycles. The molecule has 1 aliphatic rings. The molecule has 1 atom stereocenters. The van der Waals surface area contributed by atoms with Gasteiger partial charge in [-0.3, -0.25) is 4.84 Å². The fourth-order valence-electron chi connectivity index (χ4n) is 1.01. The molecule has 1 unspecified atom stereocenters. The Kier molecular flexibility index (Phi) is 2.06. The lowest BCUT2D eigenvalue weighted by Gasteiger charge is -2.12. The van der Waals surface area contributed by atoms with Gasteiger partial charge in [-0.05, 0) is 6.92 Å². The zero-order chi connectivity index (χ0) is 7.61. The van der Waals surface area contributed by atoms with Gasteiger partial charge in [0, 0.05) is 13.1 Å². The van der Waals surface area contributed by atoms with Crippen molar-refractivity contribution in [2.75, 3.05) is 19.7 Å². The van der Waals surface area contributed by atoms with E-state index in [0.29, 0.717) is 6.61 Å². The maximum absolute atomic E-state index is 10.5. The third-order valence-corrected chi connectivity index (χ3v) is 1.75. The van der Waals surface area contributed by atoms with E-state index >= 15 is 0 Å². The Morgan fingerprint density at radius 1 is 1.80 bits per heavy atom. The molecular weight excluding hydrogens is 130 g/mol. The zero-order valence-corrected chi connectivity index (χ0v) is 6.46. The van der Waals surface area contributed by atoms with Gasteiger partial charge in [-0.2, -0.15) is 5.06 Å². The minimum Gasteiger partial charge on any atom is -0.303 e. The summed E-state index contributed by atoms with van der Waals surface area (Å²) in [6.07, 6.45) is 0.975. The lowest BCUT2D eigenvalue weighted by atomic mass is 9.95. The predicted octanol–water partition coefficient (Wildman–Crippen LogP) is 0.459. The molecule has 0 aromatic heterocycles. The van der Waals surface area contributed by atoms with Crippen LogP contribution in [0.4, 0.5) is 0 Å². The van der Waals surface area contributed by atoms with Crippen LogP contribution in [0.25, 0.3) is 0 Å². The molecule has 1 rings (SSSR count). The van der Waals surface area contributed by atoms with Crippen molar-refractivity contribution >= 4 is 6.29 Å². The molecule has 0 N–H and O–H groups in total. The van der Waals surface area contributed by atoms with E-state index in [0.717, 1.165) is 19.4 Å². The summed E-state index contributed by atoms with van der Waals surface area (Å²) >= 11 is 0. The first-order chi connectivity index (χ1) is 4.70. The first kappa shape index (κ1) is 7.69. The van der Waals surface area contributed by atoms with Crippen molar-refractivity contribution in [1.82, 2.24) is 5.06 Å². The molecule has 0 spiro atoms. The second-order valence-corrected chi connectivity index (χ2v) is 3.00. The summed E-state index contributed by atoms with van der Waals surface area (Å²) in [7, 11) is 0. The molecule has 0 aromatic rings. The Morgan fingerprint density at radius 2 is 2.50 bits per heavy atom. The summed E-state index contributed by atoms with van der Waals surface area (Å²) in [5.41, 5.74) is -0.268. The van der Waals surface area contributed by atoms with Gasteiger partial charge >= 0.3 is 0 Å². The van der Waals surface area contributed by atoms with Crippen LogP contribution in [0.3, 0.4) is 0 Å². The van der Waals surface area contributed by atoms with Crippen LogP contribution in [-0.4, -0.2) is 31.0 Å². The molecule has 0 amide bonds. The van der Waals surface area contributed by atoms with Gasteiger partial charge in [-0.1, -0.05) is 6.92 Å². The molecule has 0 aliphatic carbocycles. The zero-order valence-electron chi connectivity index (χ0n) is 6.46. The fraction of sp³-hybridized carbons (Fsp3) is 0.857. The van der Waals surface area contributed by atoms with Crippen molar-refractivity contribution in [3.05, 3.63) is 0 Å². The van der Waals surface area contributed by atoms with Crippen LogP contribution in [0.5, 0.6) is 0 Å². The van der Waals surface area contributed by atoms with Crippen LogP contribution >= 0.6 is 0 Å². The summed E-state index contributed by atoms with van der Waals surface area (Å²) in [6.45, 7) is 6.03. The highest BCUT2D eigenvalue weighted by Gasteiger charge is 2.33. The maximum Gasteiger partial charge on any atom is 0.129 e. The van der Waals surface area contributed by atoms with Crippen molar-refractivity contribution in [2.24, 2.45) is 5.41 Å². The van der Waals surface area contributed by atoms with Gasteiger partial charge in [0.15, 0.2) is 0 Å². The Hall–Kier alpha value is -0.410. The number of hydrogen-bond donors (Lipinski definition) is 0. The fourth-order valence-corrected chi connectivity index (χ4v) is 1.01. The van der Waals surface area contributed by atoms with E-state index in [9.17, 15) is 4.79 Å². The molecule has 10 heavy (non-hydrogen) atoms. The summed E-state index contributed by atoms with van der Waals surface area (Å²) in [5, 5.41) is 1.81. The average molecular weight is 143 g/mol. The lowest BCUT2D eigenvalue weighted by Crippen LogP contribution is -2.26. The van der Waals surface area contributed by atoms with Crippen molar-refractivity contribution < 1.29 is 9.63 Å². The third kappa shape index (κ3) is 1.36. The van der Waals surface area contributed by atoms with Gasteiger partial charge in [0.25, 0.3) is 0 Å². The number of carbonyl (C=O) groups is 1. The highest BCUT2D eigenvalue weighted by Crippen LogP contribution is 2.22. The smallest absolute Gasteiger partial charge is 0.129 e. The van der Waals surface area contributed by atoms with Crippen LogP contribution in [-0.2, 0) is 9.63 Å². The SMILES string of the molecule is CCN1CC(C)(C=O)CO1. The first-order valence-electron chi connectivity index (χ1n) is 3.54. The van der Waals surface area contributed by atoms with Crippen LogP contribution in [0.2, 0.25) is 0 Å². The number of hydrogen-bond acceptors (Lipinski definition) is 3. The number of nitrogens with zero attached hydrogens (tertiary/aromatic N) is 1. The van der Waals surface area contributed by atoms with E-state index in [1.165, 1.54) is 0 Å².